The normalized spacial score (nSPS) is 13.8. The van der Waals surface area contributed by atoms with Crippen molar-refractivity contribution < 1.29 is 19.1 Å². The van der Waals surface area contributed by atoms with Gasteiger partial charge in [-0.3, -0.25) is 9.59 Å². The lowest BCUT2D eigenvalue weighted by Gasteiger charge is -2.19. The van der Waals surface area contributed by atoms with Crippen LogP contribution in [-0.2, 0) is 20.7 Å². The van der Waals surface area contributed by atoms with Crippen molar-refractivity contribution in [3.8, 4) is 5.75 Å². The molecular formula is C17H20O4. The van der Waals surface area contributed by atoms with Gasteiger partial charge in [0, 0.05) is 17.6 Å². The summed E-state index contributed by atoms with van der Waals surface area (Å²) in [6.07, 6.45) is 3.24. The summed E-state index contributed by atoms with van der Waals surface area (Å²) < 4.78 is 10.8. The lowest BCUT2D eigenvalue weighted by molar-refractivity contribution is -0.152. The van der Waals surface area contributed by atoms with E-state index in [2.05, 4.69) is 0 Å². The Morgan fingerprint density at radius 2 is 2.14 bits per heavy atom. The molecule has 1 aliphatic heterocycles. The Labute approximate surface area is 124 Å². The van der Waals surface area contributed by atoms with Gasteiger partial charge in [0.2, 0.25) is 0 Å². The molecule has 0 saturated heterocycles. The molecule has 0 radical (unpaired) electrons. The molecule has 0 atom stereocenters. The van der Waals surface area contributed by atoms with Gasteiger partial charge in [-0.1, -0.05) is 12.1 Å². The molecule has 1 aliphatic rings. The highest BCUT2D eigenvalue weighted by Crippen LogP contribution is 2.29. The molecule has 0 amide bonds. The van der Waals surface area contributed by atoms with E-state index in [4.69, 9.17) is 9.47 Å². The molecule has 1 aromatic carbocycles. The van der Waals surface area contributed by atoms with E-state index in [1.807, 2.05) is 45.0 Å². The minimum atomic E-state index is -0.496. The number of fused-ring (bicyclic) bond motifs is 1. The van der Waals surface area contributed by atoms with E-state index in [-0.39, 0.29) is 5.97 Å². The number of esters is 1. The number of rotatable bonds is 4. The van der Waals surface area contributed by atoms with Crippen LogP contribution in [-0.4, -0.2) is 25.5 Å². The van der Waals surface area contributed by atoms with E-state index >= 15 is 0 Å². The van der Waals surface area contributed by atoms with Crippen LogP contribution in [0.1, 0.15) is 31.9 Å². The molecule has 0 bridgehead atoms. The molecule has 0 unspecified atom stereocenters. The van der Waals surface area contributed by atoms with Gasteiger partial charge in [-0.05, 0) is 38.5 Å². The quantitative estimate of drug-likeness (QED) is 0.631. The maximum atomic E-state index is 11.7. The summed E-state index contributed by atoms with van der Waals surface area (Å²) in [4.78, 5) is 22.6. The van der Waals surface area contributed by atoms with E-state index in [0.29, 0.717) is 25.2 Å². The maximum Gasteiger partial charge on any atom is 0.311 e. The van der Waals surface area contributed by atoms with Gasteiger partial charge >= 0.3 is 5.97 Å². The third-order valence-electron chi connectivity index (χ3n) is 3.25. The lowest BCUT2D eigenvalue weighted by Crippen LogP contribution is -2.24. The third-order valence-corrected chi connectivity index (χ3v) is 3.25. The van der Waals surface area contributed by atoms with Gasteiger partial charge < -0.3 is 9.47 Å². The van der Waals surface area contributed by atoms with E-state index < -0.39 is 5.41 Å². The number of aldehydes is 1. The first kappa shape index (κ1) is 15.3. The third kappa shape index (κ3) is 3.72. The van der Waals surface area contributed by atoms with Crippen LogP contribution in [0.3, 0.4) is 0 Å². The molecule has 21 heavy (non-hydrogen) atoms. The van der Waals surface area contributed by atoms with Crippen molar-refractivity contribution in [1.29, 1.82) is 0 Å². The van der Waals surface area contributed by atoms with E-state index in [1.54, 1.807) is 0 Å². The number of carbonyl (C=O) groups is 2. The monoisotopic (exact) mass is 288 g/mol. The Kier molecular flexibility index (Phi) is 4.46. The van der Waals surface area contributed by atoms with Crippen LogP contribution < -0.4 is 4.74 Å². The van der Waals surface area contributed by atoms with Gasteiger partial charge in [0.1, 0.15) is 18.6 Å². The van der Waals surface area contributed by atoms with Gasteiger partial charge in [-0.25, -0.2) is 0 Å². The minimum Gasteiger partial charge on any atom is -0.488 e. The van der Waals surface area contributed by atoms with Gasteiger partial charge in [0.05, 0.1) is 12.0 Å². The van der Waals surface area contributed by atoms with Crippen molar-refractivity contribution in [3.63, 3.8) is 0 Å². The molecule has 1 heterocycles. The number of carbonyl (C=O) groups excluding carboxylic acids is 2. The SMILES string of the molecule is CC(C)(C)C(=O)OCCc1cccc2c1C=C(C=O)CO2. The molecule has 4 heteroatoms. The van der Waals surface area contributed by atoms with Crippen LogP contribution in [0.15, 0.2) is 23.8 Å². The van der Waals surface area contributed by atoms with Crippen LogP contribution in [0.4, 0.5) is 0 Å². The Morgan fingerprint density at radius 3 is 2.81 bits per heavy atom. The molecule has 112 valence electrons. The zero-order valence-corrected chi connectivity index (χ0v) is 12.6. The first-order valence-electron chi connectivity index (χ1n) is 6.99. The van der Waals surface area contributed by atoms with Crippen molar-refractivity contribution in [1.82, 2.24) is 0 Å². The second-order valence-electron chi connectivity index (χ2n) is 6.09. The van der Waals surface area contributed by atoms with Crippen molar-refractivity contribution >= 4 is 18.3 Å². The molecule has 0 saturated carbocycles. The molecule has 0 spiro atoms. The Hall–Kier alpha value is -2.10. The highest BCUT2D eigenvalue weighted by molar-refractivity contribution is 5.85. The molecule has 2 rings (SSSR count). The van der Waals surface area contributed by atoms with Crippen LogP contribution in [0.5, 0.6) is 5.75 Å². The number of ether oxygens (including phenoxy) is 2. The number of hydrogen-bond acceptors (Lipinski definition) is 4. The van der Waals surface area contributed by atoms with Crippen LogP contribution in [0.2, 0.25) is 0 Å². The van der Waals surface area contributed by atoms with E-state index in [0.717, 1.165) is 23.2 Å². The predicted octanol–water partition coefficient (Wildman–Crippen LogP) is 2.79. The summed E-state index contributed by atoms with van der Waals surface area (Å²) in [6, 6.07) is 5.73. The zero-order valence-electron chi connectivity index (χ0n) is 12.6. The maximum absolute atomic E-state index is 11.7. The van der Waals surface area contributed by atoms with Gasteiger partial charge in [0.25, 0.3) is 0 Å². The topological polar surface area (TPSA) is 52.6 Å². The zero-order chi connectivity index (χ0) is 15.5. The summed E-state index contributed by atoms with van der Waals surface area (Å²) in [6.45, 7) is 6.10. The van der Waals surface area contributed by atoms with Gasteiger partial charge in [0.15, 0.2) is 0 Å². The van der Waals surface area contributed by atoms with E-state index in [1.165, 1.54) is 0 Å². The van der Waals surface area contributed by atoms with Crippen molar-refractivity contribution in [2.24, 2.45) is 5.41 Å². The van der Waals surface area contributed by atoms with Crippen LogP contribution in [0, 0.1) is 5.41 Å². The smallest absolute Gasteiger partial charge is 0.311 e. The molecular weight excluding hydrogens is 268 g/mol. The summed E-state index contributed by atoms with van der Waals surface area (Å²) in [5, 5.41) is 0. The average molecular weight is 288 g/mol. The summed E-state index contributed by atoms with van der Waals surface area (Å²) in [5.41, 5.74) is 2.02. The second kappa shape index (κ2) is 6.12. The Balaban J connectivity index is 2.08. The molecule has 1 aromatic rings. The van der Waals surface area contributed by atoms with Crippen LogP contribution >= 0.6 is 0 Å². The fourth-order valence-electron chi connectivity index (χ4n) is 2.02. The fourth-order valence-corrected chi connectivity index (χ4v) is 2.02. The highest BCUT2D eigenvalue weighted by Gasteiger charge is 2.23. The molecule has 0 aliphatic carbocycles. The largest absolute Gasteiger partial charge is 0.488 e. The standard InChI is InChI=1S/C17H20O4/c1-17(2,3)16(19)20-8-7-13-5-4-6-15-14(13)9-12(10-18)11-21-15/h4-6,9-10H,7-8,11H2,1-3H3. The molecule has 0 aromatic heterocycles. The summed E-state index contributed by atoms with van der Waals surface area (Å²) >= 11 is 0. The molecule has 0 fully saturated rings. The van der Waals surface area contributed by atoms with Crippen molar-refractivity contribution in [3.05, 3.63) is 34.9 Å². The van der Waals surface area contributed by atoms with E-state index in [9.17, 15) is 9.59 Å². The Bertz CT molecular complexity index is 579. The van der Waals surface area contributed by atoms with Crippen molar-refractivity contribution in [2.45, 2.75) is 27.2 Å². The number of hydrogen-bond donors (Lipinski definition) is 0. The molecule has 0 N–H and O–H groups in total. The fraction of sp³-hybridized carbons (Fsp3) is 0.412. The summed E-state index contributed by atoms with van der Waals surface area (Å²) in [7, 11) is 0. The second-order valence-corrected chi connectivity index (χ2v) is 6.09. The minimum absolute atomic E-state index is 0.215. The van der Waals surface area contributed by atoms with Gasteiger partial charge in [-0.15, -0.1) is 0 Å². The average Bonchev–Trinajstić information content (AvgIpc) is 2.45. The Morgan fingerprint density at radius 1 is 1.38 bits per heavy atom. The van der Waals surface area contributed by atoms with Crippen LogP contribution in [0.25, 0.3) is 6.08 Å². The summed E-state index contributed by atoms with van der Waals surface area (Å²) in [5.74, 6) is 0.549. The van der Waals surface area contributed by atoms with Gasteiger partial charge in [-0.2, -0.15) is 0 Å². The first-order valence-corrected chi connectivity index (χ1v) is 6.99. The lowest BCUT2D eigenvalue weighted by atomic mass is 9.97. The highest BCUT2D eigenvalue weighted by atomic mass is 16.5. The predicted molar refractivity (Wildman–Crippen MR) is 80.1 cm³/mol. The first-order chi connectivity index (χ1) is 9.91. The molecule has 4 nitrogen and oxygen atoms in total. The van der Waals surface area contributed by atoms with Crippen molar-refractivity contribution in [2.75, 3.05) is 13.2 Å². The number of benzene rings is 1.